The van der Waals surface area contributed by atoms with Gasteiger partial charge in [-0.3, -0.25) is 0 Å². The average molecular weight is 809 g/mol. The van der Waals surface area contributed by atoms with Gasteiger partial charge in [-0.05, 0) is 150 Å². The Bertz CT molecular complexity index is 3800. The lowest BCUT2D eigenvalue weighted by atomic mass is 9.73. The van der Waals surface area contributed by atoms with Crippen molar-refractivity contribution < 1.29 is 0 Å². The minimum atomic E-state index is 1.18. The maximum atomic E-state index is 2.50. The molecule has 0 N–H and O–H groups in total. The lowest BCUT2D eigenvalue weighted by Gasteiger charge is -2.29. The number of fused-ring (bicyclic) bond motifs is 7. The van der Waals surface area contributed by atoms with E-state index in [9.17, 15) is 0 Å². The first-order valence-corrected chi connectivity index (χ1v) is 22.3. The second-order valence-corrected chi connectivity index (χ2v) is 17.1. The minimum Gasteiger partial charge on any atom is -0.0622 e. The SMILES string of the molecule is c1ccc(-c2c(-c3ccccc3)c(-c3ccc4c(c3)-c3cccc5cccc-4c35)c(-c3cc4ccccc4c4ccccc34)c(-c3ccc4ccccc4c3)c2-c2ccccc2)cc1. The molecule has 0 heteroatoms. The Balaban J connectivity index is 1.31. The molecule has 0 amide bonds. The molecule has 1 aliphatic carbocycles. The van der Waals surface area contributed by atoms with E-state index in [2.05, 4.69) is 243 Å². The number of hydrogen-bond acceptors (Lipinski definition) is 0. The molecule has 0 aliphatic heterocycles. The van der Waals surface area contributed by atoms with E-state index in [-0.39, 0.29) is 0 Å². The van der Waals surface area contributed by atoms with Crippen LogP contribution in [0.2, 0.25) is 0 Å². The van der Waals surface area contributed by atoms with Crippen molar-refractivity contribution in [3.05, 3.63) is 243 Å². The smallest absolute Gasteiger partial charge is 0.000741 e. The molecule has 0 saturated heterocycles. The molecule has 0 saturated carbocycles. The molecule has 0 spiro atoms. The number of hydrogen-bond donors (Lipinski definition) is 0. The summed E-state index contributed by atoms with van der Waals surface area (Å²) >= 11 is 0. The van der Waals surface area contributed by atoms with Crippen molar-refractivity contribution in [3.63, 3.8) is 0 Å². The zero-order valence-electron chi connectivity index (χ0n) is 35.1. The molecule has 0 nitrogen and oxygen atoms in total. The summed E-state index contributed by atoms with van der Waals surface area (Å²) in [4.78, 5) is 0. The van der Waals surface area contributed by atoms with Gasteiger partial charge in [-0.2, -0.15) is 0 Å². The Morgan fingerprint density at radius 2 is 0.625 bits per heavy atom. The highest BCUT2D eigenvalue weighted by molar-refractivity contribution is 6.23. The predicted octanol–water partition coefficient (Wildman–Crippen LogP) is 17.9. The van der Waals surface area contributed by atoms with E-state index < -0.39 is 0 Å². The van der Waals surface area contributed by atoms with Crippen LogP contribution < -0.4 is 0 Å². The molecule has 64 heavy (non-hydrogen) atoms. The van der Waals surface area contributed by atoms with Crippen LogP contribution in [0.15, 0.2) is 243 Å². The van der Waals surface area contributed by atoms with Gasteiger partial charge in [0.05, 0.1) is 0 Å². The topological polar surface area (TPSA) is 0 Å². The van der Waals surface area contributed by atoms with Gasteiger partial charge >= 0.3 is 0 Å². The van der Waals surface area contributed by atoms with E-state index in [1.807, 2.05) is 0 Å². The van der Waals surface area contributed by atoms with Crippen LogP contribution in [0.1, 0.15) is 0 Å². The first-order valence-electron chi connectivity index (χ1n) is 22.3. The largest absolute Gasteiger partial charge is 0.0622 e. The standard InChI is InChI=1S/C64H40/c1-4-19-43(20-5-1)59-60(44-21-6-2-7-22-44)62(48-35-34-41-18-10-11-25-46(41)38-48)64(57-39-47-26-12-13-29-50(47)51-30-14-15-31-52(51)57)63(61(59)45-23-8-3-9-24-45)49-36-37-53-54-32-16-27-42-28-17-33-55(58(42)54)56(53)40-49/h1-40H. The highest BCUT2D eigenvalue weighted by Crippen LogP contribution is 2.58. The summed E-state index contributed by atoms with van der Waals surface area (Å²) in [5, 5.41) is 10.0. The molecule has 0 bridgehead atoms. The number of benzene rings is 12. The third-order valence-electron chi connectivity index (χ3n) is 13.6. The van der Waals surface area contributed by atoms with Crippen LogP contribution in [0.5, 0.6) is 0 Å². The second kappa shape index (κ2) is 14.7. The zero-order chi connectivity index (χ0) is 42.1. The number of rotatable bonds is 6. The van der Waals surface area contributed by atoms with E-state index in [1.54, 1.807) is 0 Å². The third kappa shape index (κ3) is 5.63. The highest BCUT2D eigenvalue weighted by atomic mass is 14.3. The Hall–Kier alpha value is -8.32. The summed E-state index contributed by atoms with van der Waals surface area (Å²) in [5.41, 5.74) is 19.6. The van der Waals surface area contributed by atoms with E-state index >= 15 is 0 Å². The van der Waals surface area contributed by atoms with Crippen LogP contribution in [0.4, 0.5) is 0 Å². The van der Waals surface area contributed by atoms with Crippen molar-refractivity contribution in [1.82, 2.24) is 0 Å². The van der Waals surface area contributed by atoms with Crippen molar-refractivity contribution in [3.8, 4) is 89.0 Å². The molecule has 13 rings (SSSR count). The fourth-order valence-electron chi connectivity index (χ4n) is 10.8. The average Bonchev–Trinajstić information content (AvgIpc) is 3.70. The molecule has 0 fully saturated rings. The minimum absolute atomic E-state index is 1.18. The Morgan fingerprint density at radius 3 is 1.25 bits per heavy atom. The zero-order valence-corrected chi connectivity index (χ0v) is 35.1. The van der Waals surface area contributed by atoms with Crippen LogP contribution in [-0.2, 0) is 0 Å². The van der Waals surface area contributed by atoms with Gasteiger partial charge in [0.1, 0.15) is 0 Å². The molecule has 1 aliphatic rings. The van der Waals surface area contributed by atoms with Crippen LogP contribution in [0.25, 0.3) is 132 Å². The second-order valence-electron chi connectivity index (χ2n) is 17.1. The quantitative estimate of drug-likeness (QED) is 0.147. The molecular formula is C64H40. The van der Waals surface area contributed by atoms with Crippen LogP contribution >= 0.6 is 0 Å². The van der Waals surface area contributed by atoms with Gasteiger partial charge in [0.2, 0.25) is 0 Å². The molecule has 0 aromatic heterocycles. The molecule has 0 heterocycles. The summed E-state index contributed by atoms with van der Waals surface area (Å²) in [6, 6.07) is 90.4. The van der Waals surface area contributed by atoms with Crippen molar-refractivity contribution in [2.24, 2.45) is 0 Å². The fourth-order valence-corrected chi connectivity index (χ4v) is 10.8. The van der Waals surface area contributed by atoms with Gasteiger partial charge in [0.25, 0.3) is 0 Å². The lowest BCUT2D eigenvalue weighted by molar-refractivity contribution is 1.53. The fraction of sp³-hybridized carbons (Fsp3) is 0. The van der Waals surface area contributed by atoms with Gasteiger partial charge in [-0.15, -0.1) is 0 Å². The van der Waals surface area contributed by atoms with Crippen molar-refractivity contribution in [2.45, 2.75) is 0 Å². The summed E-state index contributed by atoms with van der Waals surface area (Å²) in [6.45, 7) is 0. The van der Waals surface area contributed by atoms with Crippen LogP contribution in [0.3, 0.4) is 0 Å². The van der Waals surface area contributed by atoms with Gasteiger partial charge in [-0.25, -0.2) is 0 Å². The Labute approximate surface area is 373 Å². The first kappa shape index (κ1) is 36.3. The molecule has 296 valence electrons. The van der Waals surface area contributed by atoms with E-state index in [0.717, 1.165) is 0 Å². The molecule has 12 aromatic carbocycles. The normalized spacial score (nSPS) is 11.8. The Morgan fingerprint density at radius 1 is 0.172 bits per heavy atom. The van der Waals surface area contributed by atoms with E-state index in [4.69, 9.17) is 0 Å². The van der Waals surface area contributed by atoms with Crippen LogP contribution in [0, 0.1) is 0 Å². The van der Waals surface area contributed by atoms with Gasteiger partial charge in [0, 0.05) is 0 Å². The summed E-state index contributed by atoms with van der Waals surface area (Å²) < 4.78 is 0. The van der Waals surface area contributed by atoms with Gasteiger partial charge in [0.15, 0.2) is 0 Å². The molecular weight excluding hydrogens is 769 g/mol. The maximum absolute atomic E-state index is 2.50. The van der Waals surface area contributed by atoms with Gasteiger partial charge < -0.3 is 0 Å². The van der Waals surface area contributed by atoms with Crippen molar-refractivity contribution in [1.29, 1.82) is 0 Å². The predicted molar refractivity (Wildman–Crippen MR) is 274 cm³/mol. The summed E-state index contributed by atoms with van der Waals surface area (Å²) in [5.74, 6) is 0. The molecule has 12 aromatic rings. The van der Waals surface area contributed by atoms with E-state index in [0.29, 0.717) is 0 Å². The molecule has 0 radical (unpaired) electrons. The maximum Gasteiger partial charge on any atom is -0.000741 e. The lowest BCUT2D eigenvalue weighted by Crippen LogP contribution is -2.03. The molecule has 0 atom stereocenters. The van der Waals surface area contributed by atoms with Gasteiger partial charge in [-0.1, -0.05) is 224 Å². The van der Waals surface area contributed by atoms with Crippen LogP contribution in [-0.4, -0.2) is 0 Å². The summed E-state index contributed by atoms with van der Waals surface area (Å²) in [6.07, 6.45) is 0. The first-order chi connectivity index (χ1) is 31.8. The van der Waals surface area contributed by atoms with Crippen molar-refractivity contribution >= 4 is 43.1 Å². The van der Waals surface area contributed by atoms with E-state index in [1.165, 1.54) is 132 Å². The Kier molecular flexibility index (Phi) is 8.32. The van der Waals surface area contributed by atoms with Crippen molar-refractivity contribution in [2.75, 3.05) is 0 Å². The third-order valence-corrected chi connectivity index (χ3v) is 13.6. The molecule has 0 unspecified atom stereocenters. The monoisotopic (exact) mass is 808 g/mol. The summed E-state index contributed by atoms with van der Waals surface area (Å²) in [7, 11) is 0. The highest BCUT2D eigenvalue weighted by Gasteiger charge is 2.31.